The minimum absolute atomic E-state index is 0.0430. The first-order valence-electron chi connectivity index (χ1n) is 9.92. The molecule has 0 aliphatic heterocycles. The van der Waals surface area contributed by atoms with E-state index in [0.29, 0.717) is 17.4 Å². The largest absolute Gasteiger partial charge is 0.381 e. The summed E-state index contributed by atoms with van der Waals surface area (Å²) >= 11 is 6.68. The summed E-state index contributed by atoms with van der Waals surface area (Å²) in [6.07, 6.45) is 7.99. The van der Waals surface area contributed by atoms with Gasteiger partial charge in [0.15, 0.2) is 11.6 Å². The Morgan fingerprint density at radius 1 is 1.27 bits per heavy atom. The van der Waals surface area contributed by atoms with Gasteiger partial charge in [-0.1, -0.05) is 38.4 Å². The monoisotopic (exact) mass is 376 g/mol. The number of carbonyl (C=O) groups is 2. The Morgan fingerprint density at radius 2 is 1.96 bits per heavy atom. The van der Waals surface area contributed by atoms with Crippen molar-refractivity contribution in [3.63, 3.8) is 0 Å². The van der Waals surface area contributed by atoms with E-state index in [4.69, 9.17) is 11.6 Å². The van der Waals surface area contributed by atoms with Crippen molar-refractivity contribution in [1.29, 1.82) is 0 Å². The van der Waals surface area contributed by atoms with Gasteiger partial charge in [0.2, 0.25) is 0 Å². The van der Waals surface area contributed by atoms with Crippen molar-refractivity contribution >= 4 is 23.2 Å². The van der Waals surface area contributed by atoms with E-state index < -0.39 is 11.0 Å². The van der Waals surface area contributed by atoms with Gasteiger partial charge in [0, 0.05) is 16.9 Å². The fraction of sp³-hybridized carbons (Fsp3) is 0.727. The molecule has 4 aliphatic carbocycles. The van der Waals surface area contributed by atoms with Crippen LogP contribution >= 0.6 is 11.6 Å². The molecule has 7 atom stereocenters. The van der Waals surface area contributed by atoms with Crippen molar-refractivity contribution in [1.82, 2.24) is 0 Å². The number of allylic oxidation sites excluding steroid dienone is 4. The molecule has 142 valence electrons. The number of fused-ring (bicyclic) bond motifs is 5. The van der Waals surface area contributed by atoms with Crippen LogP contribution in [0.5, 0.6) is 0 Å². The third kappa shape index (κ3) is 2.05. The molecule has 0 aromatic heterocycles. The number of carbonyl (C=O) groups excluding carboxylic acids is 2. The SMILES string of the molecule is CC(=O)[C@@]1(O)C(C)C[C@H]2[C@@H]3C=C(Cl)C4=CC(=O)CC[C@]4(C)[C@H]3CC[C@@]21C. The number of aliphatic hydroxyl groups is 1. The summed E-state index contributed by atoms with van der Waals surface area (Å²) < 4.78 is 0. The van der Waals surface area contributed by atoms with Crippen LogP contribution in [0.1, 0.15) is 59.8 Å². The van der Waals surface area contributed by atoms with Crippen molar-refractivity contribution in [2.45, 2.75) is 65.4 Å². The van der Waals surface area contributed by atoms with Crippen molar-refractivity contribution in [2.24, 2.45) is 34.5 Å². The Labute approximate surface area is 160 Å². The highest BCUT2D eigenvalue weighted by molar-refractivity contribution is 6.32. The molecule has 0 heterocycles. The van der Waals surface area contributed by atoms with Crippen LogP contribution in [0.4, 0.5) is 0 Å². The number of rotatable bonds is 1. The maximum Gasteiger partial charge on any atom is 0.162 e. The predicted octanol–water partition coefficient (Wildman–Crippen LogP) is 4.43. The molecule has 2 saturated carbocycles. The molecule has 0 bridgehead atoms. The van der Waals surface area contributed by atoms with Crippen LogP contribution in [-0.2, 0) is 9.59 Å². The zero-order chi connectivity index (χ0) is 19.1. The summed E-state index contributed by atoms with van der Waals surface area (Å²) in [5.74, 6) is 0.947. The maximum absolute atomic E-state index is 12.5. The Morgan fingerprint density at radius 3 is 2.62 bits per heavy atom. The zero-order valence-electron chi connectivity index (χ0n) is 16.1. The van der Waals surface area contributed by atoms with Gasteiger partial charge in [0.25, 0.3) is 0 Å². The number of hydrogen-bond donors (Lipinski definition) is 1. The highest BCUT2D eigenvalue weighted by Gasteiger charge is 2.67. The average Bonchev–Trinajstić information content (AvgIpc) is 2.78. The normalized spacial score (nSPS) is 50.3. The summed E-state index contributed by atoms with van der Waals surface area (Å²) in [5.41, 5.74) is -0.725. The molecule has 1 N–H and O–H groups in total. The molecule has 4 rings (SSSR count). The van der Waals surface area contributed by atoms with E-state index in [1.54, 1.807) is 6.08 Å². The Kier molecular flexibility index (Phi) is 3.93. The highest BCUT2D eigenvalue weighted by Crippen LogP contribution is 2.68. The van der Waals surface area contributed by atoms with Gasteiger partial charge >= 0.3 is 0 Å². The van der Waals surface area contributed by atoms with Crippen LogP contribution < -0.4 is 0 Å². The molecule has 0 aromatic rings. The number of hydrogen-bond acceptors (Lipinski definition) is 3. The maximum atomic E-state index is 12.5. The van der Waals surface area contributed by atoms with Crippen LogP contribution in [-0.4, -0.2) is 22.3 Å². The molecule has 2 fully saturated rings. The Hall–Kier alpha value is -0.930. The average molecular weight is 377 g/mol. The number of halogens is 1. The minimum Gasteiger partial charge on any atom is -0.381 e. The lowest BCUT2D eigenvalue weighted by Crippen LogP contribution is -2.58. The first-order valence-corrected chi connectivity index (χ1v) is 10.3. The van der Waals surface area contributed by atoms with Crippen molar-refractivity contribution in [3.8, 4) is 0 Å². The van der Waals surface area contributed by atoms with Crippen molar-refractivity contribution < 1.29 is 14.7 Å². The minimum atomic E-state index is -1.25. The summed E-state index contributed by atoms with van der Waals surface area (Å²) in [7, 11) is 0. The summed E-state index contributed by atoms with van der Waals surface area (Å²) in [6.45, 7) is 7.92. The fourth-order valence-corrected chi connectivity index (χ4v) is 7.59. The van der Waals surface area contributed by atoms with E-state index in [0.717, 1.165) is 31.3 Å². The first kappa shape index (κ1) is 18.4. The van der Waals surface area contributed by atoms with E-state index in [1.165, 1.54) is 6.92 Å². The van der Waals surface area contributed by atoms with Crippen LogP contribution in [0.15, 0.2) is 22.8 Å². The van der Waals surface area contributed by atoms with Gasteiger partial charge in [-0.25, -0.2) is 0 Å². The Bertz CT molecular complexity index is 752. The van der Waals surface area contributed by atoms with Crippen LogP contribution in [0.25, 0.3) is 0 Å². The second-order valence-electron chi connectivity index (χ2n) is 9.66. The lowest BCUT2D eigenvalue weighted by Gasteiger charge is -2.57. The van der Waals surface area contributed by atoms with Crippen molar-refractivity contribution in [2.75, 3.05) is 0 Å². The van der Waals surface area contributed by atoms with Gasteiger partial charge in [-0.05, 0) is 73.3 Å². The van der Waals surface area contributed by atoms with Gasteiger partial charge in [0.05, 0.1) is 0 Å². The van der Waals surface area contributed by atoms with Gasteiger partial charge in [-0.15, -0.1) is 0 Å². The third-order valence-corrected chi connectivity index (χ3v) is 9.01. The zero-order valence-corrected chi connectivity index (χ0v) is 16.9. The molecule has 0 aromatic carbocycles. The second kappa shape index (κ2) is 5.54. The Balaban J connectivity index is 1.82. The van der Waals surface area contributed by atoms with E-state index in [1.807, 2.05) is 6.92 Å². The lowest BCUT2D eigenvalue weighted by molar-refractivity contribution is -0.162. The van der Waals surface area contributed by atoms with E-state index >= 15 is 0 Å². The number of Topliss-reactive ketones (excluding diaryl/α,β-unsaturated/α-hetero) is 1. The third-order valence-electron chi connectivity index (χ3n) is 8.68. The molecule has 0 saturated heterocycles. The van der Waals surface area contributed by atoms with E-state index in [9.17, 15) is 14.7 Å². The van der Waals surface area contributed by atoms with E-state index in [2.05, 4.69) is 19.9 Å². The van der Waals surface area contributed by atoms with Crippen molar-refractivity contribution in [3.05, 3.63) is 22.8 Å². The molecule has 4 aliphatic rings. The topological polar surface area (TPSA) is 54.4 Å². The second-order valence-corrected chi connectivity index (χ2v) is 10.1. The summed E-state index contributed by atoms with van der Waals surface area (Å²) in [5, 5.41) is 12.1. The molecule has 0 radical (unpaired) electrons. The predicted molar refractivity (Wildman–Crippen MR) is 102 cm³/mol. The molecule has 1 unspecified atom stereocenters. The lowest BCUT2D eigenvalue weighted by atomic mass is 9.48. The summed E-state index contributed by atoms with van der Waals surface area (Å²) in [4.78, 5) is 24.4. The van der Waals surface area contributed by atoms with Gasteiger partial charge in [-0.3, -0.25) is 9.59 Å². The molecule has 4 heteroatoms. The van der Waals surface area contributed by atoms with Crippen LogP contribution in [0.2, 0.25) is 0 Å². The molecule has 0 spiro atoms. The van der Waals surface area contributed by atoms with Gasteiger partial charge in [-0.2, -0.15) is 0 Å². The van der Waals surface area contributed by atoms with Gasteiger partial charge in [0.1, 0.15) is 5.60 Å². The number of ketones is 2. The first-order chi connectivity index (χ1) is 12.1. The summed E-state index contributed by atoms with van der Waals surface area (Å²) in [6, 6.07) is 0. The molecule has 26 heavy (non-hydrogen) atoms. The standard InChI is InChI=1S/C22H29ClO3/c1-12-9-17-15-11-19(23)18-10-14(25)5-7-20(18,3)16(15)6-8-21(17,4)22(12,26)13(2)24/h10-12,15-17,26H,5-9H2,1-4H3/t12?,15-,16+,17+,20-,21+,22+/m1/s1. The van der Waals surface area contributed by atoms with Gasteiger partial charge < -0.3 is 5.11 Å². The molecule has 0 amide bonds. The molecule has 3 nitrogen and oxygen atoms in total. The molecular formula is C22H29ClO3. The van der Waals surface area contributed by atoms with Crippen LogP contribution in [0, 0.1) is 34.5 Å². The highest BCUT2D eigenvalue weighted by atomic mass is 35.5. The quantitative estimate of drug-likeness (QED) is 0.736. The smallest absolute Gasteiger partial charge is 0.162 e. The van der Waals surface area contributed by atoms with Crippen LogP contribution in [0.3, 0.4) is 0 Å². The molecular weight excluding hydrogens is 348 g/mol. The van der Waals surface area contributed by atoms with E-state index in [-0.39, 0.29) is 34.7 Å². The fourth-order valence-electron chi connectivity index (χ4n) is 7.17.